The van der Waals surface area contributed by atoms with Crippen LogP contribution in [0.1, 0.15) is 49.0 Å². The van der Waals surface area contributed by atoms with E-state index >= 15 is 0 Å². The molecule has 2 rings (SSSR count). The number of unbranched alkanes of at least 4 members (excludes halogenated alkanes) is 1. The number of hydrogen-bond acceptors (Lipinski definition) is 3. The third-order valence-electron chi connectivity index (χ3n) is 4.07. The van der Waals surface area contributed by atoms with Gasteiger partial charge in [-0.05, 0) is 36.6 Å². The van der Waals surface area contributed by atoms with E-state index in [4.69, 9.17) is 0 Å². The van der Waals surface area contributed by atoms with Crippen molar-refractivity contribution in [3.63, 3.8) is 0 Å². The van der Waals surface area contributed by atoms with Gasteiger partial charge in [0.2, 0.25) is 5.91 Å². The standard InChI is InChI=1S/C17H22N2O4/c1-3-4-5-14(17(22)23)18-16(21)13-6-7-15-12(10-13)8-9-19(15)11(2)20/h6-7,10,14H,3-5,8-9H2,1-2H3,(H,18,21)(H,22,23)/t14-/m0/s1. The van der Waals surface area contributed by atoms with Crippen molar-refractivity contribution in [3.8, 4) is 0 Å². The van der Waals surface area contributed by atoms with Gasteiger partial charge in [-0.15, -0.1) is 0 Å². The summed E-state index contributed by atoms with van der Waals surface area (Å²) >= 11 is 0. The lowest BCUT2D eigenvalue weighted by Gasteiger charge is -2.16. The Morgan fingerprint density at radius 1 is 1.35 bits per heavy atom. The van der Waals surface area contributed by atoms with Crippen LogP contribution in [-0.4, -0.2) is 35.5 Å². The molecule has 0 aliphatic carbocycles. The number of carbonyl (C=O) groups excluding carboxylic acids is 2. The van der Waals surface area contributed by atoms with Crippen molar-refractivity contribution in [2.75, 3.05) is 11.4 Å². The van der Waals surface area contributed by atoms with E-state index in [-0.39, 0.29) is 5.91 Å². The molecule has 0 bridgehead atoms. The predicted octanol–water partition coefficient (Wildman–Crippen LogP) is 1.97. The molecule has 0 spiro atoms. The van der Waals surface area contributed by atoms with Crippen LogP contribution in [0, 0.1) is 0 Å². The van der Waals surface area contributed by atoms with E-state index in [2.05, 4.69) is 5.32 Å². The molecule has 0 saturated carbocycles. The molecule has 1 heterocycles. The monoisotopic (exact) mass is 318 g/mol. The fourth-order valence-corrected chi connectivity index (χ4v) is 2.78. The number of anilines is 1. The summed E-state index contributed by atoms with van der Waals surface area (Å²) in [7, 11) is 0. The molecule has 1 aliphatic heterocycles. The van der Waals surface area contributed by atoms with Crippen molar-refractivity contribution in [3.05, 3.63) is 29.3 Å². The van der Waals surface area contributed by atoms with Gasteiger partial charge in [0.05, 0.1) is 0 Å². The van der Waals surface area contributed by atoms with Crippen LogP contribution < -0.4 is 10.2 Å². The number of carboxylic acid groups (broad SMARTS) is 1. The molecule has 6 heteroatoms. The maximum atomic E-state index is 12.3. The Morgan fingerprint density at radius 2 is 2.09 bits per heavy atom. The summed E-state index contributed by atoms with van der Waals surface area (Å²) in [5, 5.41) is 11.8. The summed E-state index contributed by atoms with van der Waals surface area (Å²) in [6.07, 6.45) is 2.74. The summed E-state index contributed by atoms with van der Waals surface area (Å²) in [6, 6.07) is 4.26. The number of nitrogens with zero attached hydrogens (tertiary/aromatic N) is 1. The Bertz CT molecular complexity index is 627. The fraction of sp³-hybridized carbons (Fsp3) is 0.471. The molecule has 1 aliphatic rings. The lowest BCUT2D eigenvalue weighted by atomic mass is 10.1. The number of hydrogen-bond donors (Lipinski definition) is 2. The number of nitrogens with one attached hydrogen (secondary N) is 1. The molecule has 0 aromatic heterocycles. The number of carboxylic acids is 1. The summed E-state index contributed by atoms with van der Waals surface area (Å²) in [5.74, 6) is -1.43. The van der Waals surface area contributed by atoms with Crippen molar-refractivity contribution in [1.29, 1.82) is 0 Å². The molecule has 0 fully saturated rings. The van der Waals surface area contributed by atoms with Gasteiger partial charge in [0, 0.05) is 24.7 Å². The molecular formula is C17H22N2O4. The van der Waals surface area contributed by atoms with Crippen molar-refractivity contribution in [2.24, 2.45) is 0 Å². The third-order valence-corrected chi connectivity index (χ3v) is 4.07. The quantitative estimate of drug-likeness (QED) is 0.839. The molecule has 0 unspecified atom stereocenters. The Balaban J connectivity index is 2.11. The minimum atomic E-state index is -1.02. The summed E-state index contributed by atoms with van der Waals surface area (Å²) in [6.45, 7) is 4.10. The van der Waals surface area contributed by atoms with Crippen LogP contribution in [0.25, 0.3) is 0 Å². The van der Waals surface area contributed by atoms with Gasteiger partial charge < -0.3 is 15.3 Å². The van der Waals surface area contributed by atoms with Gasteiger partial charge in [-0.2, -0.15) is 0 Å². The maximum Gasteiger partial charge on any atom is 0.326 e. The Hall–Kier alpha value is -2.37. The van der Waals surface area contributed by atoms with Crippen LogP contribution in [-0.2, 0) is 16.0 Å². The highest BCUT2D eigenvalue weighted by Crippen LogP contribution is 2.28. The number of amides is 2. The highest BCUT2D eigenvalue weighted by Gasteiger charge is 2.24. The molecule has 6 nitrogen and oxygen atoms in total. The van der Waals surface area contributed by atoms with E-state index in [0.717, 1.165) is 24.1 Å². The van der Waals surface area contributed by atoms with Crippen LogP contribution >= 0.6 is 0 Å². The van der Waals surface area contributed by atoms with Gasteiger partial charge in [0.25, 0.3) is 5.91 Å². The second-order valence-electron chi connectivity index (χ2n) is 5.77. The molecule has 2 amide bonds. The normalized spacial score (nSPS) is 14.3. The first-order valence-electron chi connectivity index (χ1n) is 7.88. The summed E-state index contributed by atoms with van der Waals surface area (Å²) in [5.41, 5.74) is 2.19. The summed E-state index contributed by atoms with van der Waals surface area (Å²) in [4.78, 5) is 36.7. The zero-order chi connectivity index (χ0) is 17.0. The molecule has 2 N–H and O–H groups in total. The lowest BCUT2D eigenvalue weighted by Crippen LogP contribution is -2.40. The summed E-state index contributed by atoms with van der Waals surface area (Å²) < 4.78 is 0. The highest BCUT2D eigenvalue weighted by molar-refractivity contribution is 5.99. The zero-order valence-electron chi connectivity index (χ0n) is 13.5. The van der Waals surface area contributed by atoms with E-state index in [1.807, 2.05) is 6.92 Å². The van der Waals surface area contributed by atoms with Gasteiger partial charge in [0.1, 0.15) is 6.04 Å². The topological polar surface area (TPSA) is 86.7 Å². The van der Waals surface area contributed by atoms with Crippen LogP contribution in [0.3, 0.4) is 0 Å². The first-order valence-corrected chi connectivity index (χ1v) is 7.88. The minimum Gasteiger partial charge on any atom is -0.480 e. The average molecular weight is 318 g/mol. The molecule has 124 valence electrons. The molecular weight excluding hydrogens is 296 g/mol. The Labute approximate surface area is 135 Å². The van der Waals surface area contributed by atoms with Crippen LogP contribution in [0.4, 0.5) is 5.69 Å². The molecule has 1 atom stereocenters. The van der Waals surface area contributed by atoms with Gasteiger partial charge in [-0.1, -0.05) is 19.8 Å². The van der Waals surface area contributed by atoms with E-state index in [9.17, 15) is 19.5 Å². The largest absolute Gasteiger partial charge is 0.480 e. The zero-order valence-corrected chi connectivity index (χ0v) is 13.5. The second-order valence-corrected chi connectivity index (χ2v) is 5.77. The van der Waals surface area contributed by atoms with Crippen LogP contribution in [0.5, 0.6) is 0 Å². The van der Waals surface area contributed by atoms with Crippen molar-refractivity contribution in [1.82, 2.24) is 5.32 Å². The predicted molar refractivity (Wildman–Crippen MR) is 86.6 cm³/mol. The molecule has 1 aromatic carbocycles. The number of carbonyl (C=O) groups is 3. The SMILES string of the molecule is CCCC[C@H](NC(=O)c1ccc2c(c1)CCN2C(C)=O)C(=O)O. The number of rotatable bonds is 6. The van der Waals surface area contributed by atoms with Crippen molar-refractivity contribution >= 4 is 23.5 Å². The van der Waals surface area contributed by atoms with E-state index < -0.39 is 17.9 Å². The number of benzene rings is 1. The Kier molecular flexibility index (Phi) is 5.36. The number of aliphatic carboxylic acids is 1. The number of fused-ring (bicyclic) bond motifs is 1. The molecule has 0 saturated heterocycles. The third kappa shape index (κ3) is 3.88. The maximum absolute atomic E-state index is 12.3. The van der Waals surface area contributed by atoms with Crippen molar-refractivity contribution < 1.29 is 19.5 Å². The minimum absolute atomic E-state index is 0.0218. The van der Waals surface area contributed by atoms with E-state index in [1.165, 1.54) is 6.92 Å². The highest BCUT2D eigenvalue weighted by atomic mass is 16.4. The molecule has 0 radical (unpaired) electrons. The van der Waals surface area contributed by atoms with Gasteiger partial charge in [0.15, 0.2) is 0 Å². The Morgan fingerprint density at radius 3 is 2.70 bits per heavy atom. The van der Waals surface area contributed by atoms with Crippen LogP contribution in [0.15, 0.2) is 18.2 Å². The van der Waals surface area contributed by atoms with Gasteiger partial charge >= 0.3 is 5.97 Å². The van der Waals surface area contributed by atoms with E-state index in [0.29, 0.717) is 24.9 Å². The van der Waals surface area contributed by atoms with Crippen LogP contribution in [0.2, 0.25) is 0 Å². The lowest BCUT2D eigenvalue weighted by molar-refractivity contribution is -0.139. The molecule has 23 heavy (non-hydrogen) atoms. The van der Waals surface area contributed by atoms with Crippen molar-refractivity contribution in [2.45, 2.75) is 45.6 Å². The first-order chi connectivity index (χ1) is 10.9. The van der Waals surface area contributed by atoms with Gasteiger partial charge in [-0.25, -0.2) is 4.79 Å². The fourth-order valence-electron chi connectivity index (χ4n) is 2.78. The average Bonchev–Trinajstić information content (AvgIpc) is 2.94. The first kappa shape index (κ1) is 17.0. The van der Waals surface area contributed by atoms with E-state index in [1.54, 1.807) is 23.1 Å². The smallest absolute Gasteiger partial charge is 0.326 e. The molecule has 1 aromatic rings. The van der Waals surface area contributed by atoms with Gasteiger partial charge in [-0.3, -0.25) is 9.59 Å². The second kappa shape index (κ2) is 7.26.